The number of amides is 1. The fourth-order valence-electron chi connectivity index (χ4n) is 2.49. The number of amidine groups is 2. The highest BCUT2D eigenvalue weighted by Crippen LogP contribution is 2.29. The first-order chi connectivity index (χ1) is 14.1. The van der Waals surface area contributed by atoms with Crippen molar-refractivity contribution in [2.45, 2.75) is 19.4 Å². The van der Waals surface area contributed by atoms with Gasteiger partial charge in [-0.15, -0.1) is 4.40 Å². The van der Waals surface area contributed by atoms with Crippen LogP contribution in [0.1, 0.15) is 35.5 Å². The molecule has 1 heterocycles. The van der Waals surface area contributed by atoms with Gasteiger partial charge >= 0.3 is 0 Å². The Labute approximate surface area is 184 Å². The summed E-state index contributed by atoms with van der Waals surface area (Å²) < 4.78 is 30.2. The zero-order valence-corrected chi connectivity index (χ0v) is 18.9. The van der Waals surface area contributed by atoms with Gasteiger partial charge in [-0.2, -0.15) is 0 Å². The zero-order chi connectivity index (χ0) is 22.4. The number of nitrogens with zero attached hydrogens (tertiary/aromatic N) is 3. The summed E-state index contributed by atoms with van der Waals surface area (Å²) in [6, 6.07) is 5.72. The molecule has 2 aromatic rings. The molecule has 0 radical (unpaired) electrons. The van der Waals surface area contributed by atoms with Crippen molar-refractivity contribution in [1.82, 2.24) is 4.90 Å². The molecule has 1 amide bonds. The number of furan rings is 1. The Kier molecular flexibility index (Phi) is 8.15. The molecule has 0 aliphatic carbocycles. The van der Waals surface area contributed by atoms with E-state index in [2.05, 4.69) is 30.6 Å². The summed E-state index contributed by atoms with van der Waals surface area (Å²) in [5, 5.41) is 13.2. The van der Waals surface area contributed by atoms with Crippen LogP contribution in [0.2, 0.25) is 0 Å². The molecule has 0 aliphatic rings. The average Bonchev–Trinajstić information content (AvgIpc) is 3.12. The molecule has 1 aromatic carbocycles. The average molecular weight is 500 g/mol. The van der Waals surface area contributed by atoms with Crippen LogP contribution in [0.4, 0.5) is 5.69 Å². The number of para-hydroxylation sites is 1. The van der Waals surface area contributed by atoms with Crippen molar-refractivity contribution in [3.8, 4) is 5.75 Å². The molecule has 0 spiro atoms. The second kappa shape index (κ2) is 10.4. The predicted molar refractivity (Wildman–Crippen MR) is 119 cm³/mol. The van der Waals surface area contributed by atoms with Crippen molar-refractivity contribution in [3.05, 3.63) is 46.3 Å². The monoisotopic (exact) mass is 499 g/mol. The lowest BCUT2D eigenvalue weighted by Crippen LogP contribution is -2.32. The highest BCUT2D eigenvalue weighted by Gasteiger charge is 2.19. The van der Waals surface area contributed by atoms with E-state index >= 15 is 0 Å². The third-order valence-electron chi connectivity index (χ3n) is 3.94. The van der Waals surface area contributed by atoms with E-state index in [1.54, 1.807) is 20.2 Å². The molecule has 12 heteroatoms. The number of aliphatic imine (C=N–C) groups is 1. The van der Waals surface area contributed by atoms with Crippen LogP contribution in [0, 0.1) is 0 Å². The van der Waals surface area contributed by atoms with E-state index in [0.717, 1.165) is 4.47 Å². The van der Waals surface area contributed by atoms with Crippen molar-refractivity contribution in [2.24, 2.45) is 15.1 Å². The summed E-state index contributed by atoms with van der Waals surface area (Å²) in [5.74, 6) is -0.665. The maximum Gasteiger partial charge on any atom is 0.284 e. The van der Waals surface area contributed by atoms with Gasteiger partial charge in [-0.05, 0) is 40.5 Å². The Bertz CT molecular complexity index is 1000. The molecule has 10 nitrogen and oxygen atoms in total. The number of carbonyl (C=O) groups is 1. The second-order valence-electron chi connectivity index (χ2n) is 6.30. The van der Waals surface area contributed by atoms with E-state index in [4.69, 9.17) is 10.2 Å². The molecule has 162 valence electrons. The molecule has 0 bridgehead atoms. The minimum atomic E-state index is -2.60. The number of nitrogens with two attached hydrogens (primary N) is 1. The van der Waals surface area contributed by atoms with Gasteiger partial charge < -0.3 is 25.5 Å². The number of hydrogen-bond acceptors (Lipinski definition) is 5. The van der Waals surface area contributed by atoms with E-state index in [1.807, 2.05) is 6.92 Å². The van der Waals surface area contributed by atoms with Crippen LogP contribution in [-0.2, 0) is 11.3 Å². The Morgan fingerprint density at radius 2 is 2.13 bits per heavy atom. The molecule has 2 atom stereocenters. The van der Waals surface area contributed by atoms with Crippen LogP contribution in [-0.4, -0.2) is 50.4 Å². The Morgan fingerprint density at radius 1 is 1.43 bits per heavy atom. The van der Waals surface area contributed by atoms with Crippen LogP contribution in [0.5, 0.6) is 5.75 Å². The summed E-state index contributed by atoms with van der Waals surface area (Å²) in [5.41, 5.74) is 6.14. The molecule has 5 N–H and O–H groups in total. The third-order valence-corrected chi connectivity index (χ3v) is 4.69. The van der Waals surface area contributed by atoms with E-state index in [9.17, 15) is 18.7 Å². The van der Waals surface area contributed by atoms with E-state index < -0.39 is 23.2 Å². The number of hydrogen-bond donors (Lipinski definition) is 4. The van der Waals surface area contributed by atoms with Gasteiger partial charge in [0.1, 0.15) is 18.1 Å². The largest absolute Gasteiger partial charge is 0.505 e. The van der Waals surface area contributed by atoms with Crippen molar-refractivity contribution in [3.63, 3.8) is 0 Å². The van der Waals surface area contributed by atoms with Crippen molar-refractivity contribution in [2.75, 3.05) is 19.4 Å². The molecule has 2 unspecified atom stereocenters. The summed E-state index contributed by atoms with van der Waals surface area (Å²) in [4.78, 5) is 17.8. The molecule has 0 fully saturated rings. The molecule has 0 saturated carbocycles. The van der Waals surface area contributed by atoms with Crippen LogP contribution < -0.4 is 11.1 Å². The number of phenols is 1. The van der Waals surface area contributed by atoms with Gasteiger partial charge in [-0.1, -0.05) is 13.0 Å². The summed E-state index contributed by atoms with van der Waals surface area (Å²) in [6.07, 6.45) is 2.04. The number of aromatic hydroxyl groups is 1. The predicted octanol–water partition coefficient (Wildman–Crippen LogP) is 2.91. The smallest absolute Gasteiger partial charge is 0.284 e. The van der Waals surface area contributed by atoms with Gasteiger partial charge in [0.2, 0.25) is 0 Å². The lowest BCUT2D eigenvalue weighted by Gasteiger charge is -2.16. The van der Waals surface area contributed by atoms with Gasteiger partial charge in [0.05, 0.1) is 15.7 Å². The minimum absolute atomic E-state index is 0.0388. The van der Waals surface area contributed by atoms with Gasteiger partial charge in [-0.25, -0.2) is 4.21 Å². The van der Waals surface area contributed by atoms with Gasteiger partial charge in [0.25, 0.3) is 17.2 Å². The zero-order valence-electron chi connectivity index (χ0n) is 16.5. The maximum absolute atomic E-state index is 12.2. The van der Waals surface area contributed by atoms with Crippen LogP contribution in [0.15, 0.2) is 48.8 Å². The van der Waals surface area contributed by atoms with Gasteiger partial charge in [0, 0.05) is 14.1 Å². The first-order valence-corrected chi connectivity index (χ1v) is 10.6. The van der Waals surface area contributed by atoms with Crippen LogP contribution in [0.25, 0.3) is 0 Å². The SMILES string of the molecule is CCC(N=C(N)C(=NS(=O)O)Nc1cccc(C(=O)N(C)C)c1O)c1cc(Br)co1. The quantitative estimate of drug-likeness (QED) is 0.206. The summed E-state index contributed by atoms with van der Waals surface area (Å²) in [6.45, 7) is 1.87. The highest BCUT2D eigenvalue weighted by atomic mass is 79.9. The van der Waals surface area contributed by atoms with Gasteiger partial charge in [0.15, 0.2) is 17.4 Å². The Morgan fingerprint density at radius 3 is 2.67 bits per heavy atom. The van der Waals surface area contributed by atoms with E-state index in [1.165, 1.54) is 29.4 Å². The van der Waals surface area contributed by atoms with Crippen LogP contribution >= 0.6 is 15.9 Å². The first kappa shape index (κ1) is 23.6. The molecular weight excluding hydrogens is 478 g/mol. The number of nitrogens with one attached hydrogen (secondary N) is 1. The minimum Gasteiger partial charge on any atom is -0.505 e. The molecule has 30 heavy (non-hydrogen) atoms. The third kappa shape index (κ3) is 5.90. The fraction of sp³-hybridized carbons (Fsp3) is 0.278. The van der Waals surface area contributed by atoms with Crippen molar-refractivity contribution in [1.29, 1.82) is 0 Å². The Hall–Kier alpha value is -2.70. The lowest BCUT2D eigenvalue weighted by molar-refractivity contribution is 0.0824. The van der Waals surface area contributed by atoms with E-state index in [0.29, 0.717) is 12.2 Å². The fourth-order valence-corrected chi connectivity index (χ4v) is 3.10. The standard InChI is InChI=1S/C18H22BrN5O5S/c1-4-12(14-8-10(19)9-29-14)21-16(20)17(23-30(27)28)22-13-7-5-6-11(15(13)25)18(26)24(2)3/h5-9,12,25H,4H2,1-3H3,(H2,20,21)(H,22,23)(H,27,28). The molecule has 0 aliphatic heterocycles. The van der Waals surface area contributed by atoms with E-state index in [-0.39, 0.29) is 28.7 Å². The summed E-state index contributed by atoms with van der Waals surface area (Å²) in [7, 11) is 3.10. The van der Waals surface area contributed by atoms with Crippen LogP contribution in [0.3, 0.4) is 0 Å². The highest BCUT2D eigenvalue weighted by molar-refractivity contribution is 9.10. The summed E-state index contributed by atoms with van der Waals surface area (Å²) >= 11 is 0.698. The second-order valence-corrected chi connectivity index (χ2v) is 7.86. The molecule has 0 saturated heterocycles. The first-order valence-electron chi connectivity index (χ1n) is 8.71. The number of phenolic OH excluding ortho intramolecular Hbond substituents is 1. The maximum atomic E-state index is 12.2. The number of carbonyl (C=O) groups excluding carboxylic acids is 1. The normalized spacial score (nSPS) is 14.3. The number of benzene rings is 1. The lowest BCUT2D eigenvalue weighted by atomic mass is 10.1. The van der Waals surface area contributed by atoms with Gasteiger partial charge in [-0.3, -0.25) is 14.3 Å². The molecular formula is C18H22BrN5O5S. The molecule has 2 rings (SSSR count). The van der Waals surface area contributed by atoms with Crippen molar-refractivity contribution < 1.29 is 23.1 Å². The number of halogens is 1. The topological polar surface area (TPSA) is 154 Å². The Balaban J connectivity index is 2.41. The number of rotatable bonds is 6. The molecule has 1 aromatic heterocycles. The van der Waals surface area contributed by atoms with Crippen molar-refractivity contribution >= 4 is 50.5 Å². The number of anilines is 1.